The number of hydrogen-bond acceptors (Lipinski definition) is 3. The maximum Gasteiger partial charge on any atom is 0.137 e. The Balaban J connectivity index is 2.17. The van der Waals surface area contributed by atoms with Crippen molar-refractivity contribution in [3.8, 4) is 5.75 Å². The Morgan fingerprint density at radius 2 is 2.22 bits per heavy atom. The summed E-state index contributed by atoms with van der Waals surface area (Å²) in [6.07, 6.45) is 2.51. The largest absolute Gasteiger partial charge is 0.495 e. The van der Waals surface area contributed by atoms with Crippen LogP contribution in [0.4, 0.5) is 5.69 Å². The first-order valence-corrected chi connectivity index (χ1v) is 6.78. The minimum atomic E-state index is 0.354. The van der Waals surface area contributed by atoms with Crippen molar-refractivity contribution in [3.63, 3.8) is 0 Å². The van der Waals surface area contributed by atoms with Gasteiger partial charge in [-0.2, -0.15) is 0 Å². The van der Waals surface area contributed by atoms with E-state index in [9.17, 15) is 0 Å². The van der Waals surface area contributed by atoms with Gasteiger partial charge in [0.1, 0.15) is 5.75 Å². The predicted molar refractivity (Wildman–Crippen MR) is 74.7 cm³/mol. The summed E-state index contributed by atoms with van der Waals surface area (Å²) in [5, 5.41) is 0.739. The van der Waals surface area contributed by atoms with Gasteiger partial charge in [0.2, 0.25) is 0 Å². The van der Waals surface area contributed by atoms with Gasteiger partial charge in [0.25, 0.3) is 0 Å². The molecule has 1 aliphatic carbocycles. The molecule has 4 heteroatoms. The van der Waals surface area contributed by atoms with Gasteiger partial charge in [-0.15, -0.1) is 0 Å². The van der Waals surface area contributed by atoms with Crippen molar-refractivity contribution in [2.24, 2.45) is 11.1 Å². The van der Waals surface area contributed by atoms with Crippen LogP contribution in [0.1, 0.15) is 24.3 Å². The smallest absolute Gasteiger partial charge is 0.137 e. The Morgan fingerprint density at radius 3 is 2.78 bits per heavy atom. The first-order valence-electron chi connectivity index (χ1n) is 6.40. The van der Waals surface area contributed by atoms with Crippen LogP contribution in [0.5, 0.6) is 5.75 Å². The standard InChI is InChI=1S/C14H19ClN2O/c1-17-8-14(5-6-14)9(7-16)12-10(17)3-4-11(18-2)13(12)15/h3-4,9H,5-8,16H2,1-2H3. The summed E-state index contributed by atoms with van der Waals surface area (Å²) in [6, 6.07) is 4.04. The molecule has 1 atom stereocenters. The second kappa shape index (κ2) is 4.04. The van der Waals surface area contributed by atoms with Crippen molar-refractivity contribution in [2.75, 3.05) is 32.1 Å². The van der Waals surface area contributed by atoms with Gasteiger partial charge in [-0.1, -0.05) is 11.6 Å². The normalized spacial score (nSPS) is 24.0. The summed E-state index contributed by atoms with van der Waals surface area (Å²) in [5.74, 6) is 1.12. The molecule has 1 heterocycles. The summed E-state index contributed by atoms with van der Waals surface area (Å²) in [4.78, 5) is 2.31. The number of methoxy groups -OCH3 is 1. The highest BCUT2D eigenvalue weighted by atomic mass is 35.5. The third-order valence-corrected chi connectivity index (χ3v) is 4.91. The second-order valence-corrected chi connectivity index (χ2v) is 5.90. The van der Waals surface area contributed by atoms with Gasteiger partial charge < -0.3 is 15.4 Å². The fourth-order valence-corrected chi connectivity index (χ4v) is 3.76. The van der Waals surface area contributed by atoms with Gasteiger partial charge in [-0.3, -0.25) is 0 Å². The lowest BCUT2D eigenvalue weighted by Crippen LogP contribution is -2.39. The topological polar surface area (TPSA) is 38.5 Å². The molecule has 1 aliphatic heterocycles. The van der Waals surface area contributed by atoms with Crippen LogP contribution in [0.3, 0.4) is 0 Å². The highest BCUT2D eigenvalue weighted by molar-refractivity contribution is 6.33. The molecule has 0 saturated heterocycles. The molecule has 0 aromatic heterocycles. The van der Waals surface area contributed by atoms with E-state index in [2.05, 4.69) is 18.0 Å². The quantitative estimate of drug-likeness (QED) is 0.894. The van der Waals surface area contributed by atoms with E-state index in [1.807, 2.05) is 6.07 Å². The Labute approximate surface area is 113 Å². The summed E-state index contributed by atoms with van der Waals surface area (Å²) in [5.41, 5.74) is 8.76. The first kappa shape index (κ1) is 12.1. The highest BCUT2D eigenvalue weighted by Crippen LogP contribution is 2.61. The van der Waals surface area contributed by atoms with Crippen LogP contribution >= 0.6 is 11.6 Å². The van der Waals surface area contributed by atoms with Crippen molar-refractivity contribution >= 4 is 17.3 Å². The molecule has 1 fully saturated rings. The molecular weight excluding hydrogens is 248 g/mol. The summed E-state index contributed by atoms with van der Waals surface area (Å²) >= 11 is 6.51. The molecule has 2 N–H and O–H groups in total. The molecule has 3 rings (SSSR count). The summed E-state index contributed by atoms with van der Waals surface area (Å²) in [6.45, 7) is 1.75. The number of nitrogens with two attached hydrogens (primary N) is 1. The molecule has 1 aromatic rings. The molecule has 3 nitrogen and oxygen atoms in total. The number of halogens is 1. The zero-order valence-electron chi connectivity index (χ0n) is 10.9. The lowest BCUT2D eigenvalue weighted by Gasteiger charge is -2.40. The molecule has 1 unspecified atom stereocenters. The van der Waals surface area contributed by atoms with E-state index < -0.39 is 0 Å². The number of rotatable bonds is 2. The monoisotopic (exact) mass is 266 g/mol. The maximum atomic E-state index is 6.51. The van der Waals surface area contributed by atoms with Crippen LogP contribution in [0.25, 0.3) is 0 Å². The number of fused-ring (bicyclic) bond motifs is 1. The fraction of sp³-hybridized carbons (Fsp3) is 0.571. The highest BCUT2D eigenvalue weighted by Gasteiger charge is 2.53. The predicted octanol–water partition coefficient (Wildman–Crippen LogP) is 2.62. The van der Waals surface area contributed by atoms with Gasteiger partial charge in [-0.05, 0) is 36.9 Å². The van der Waals surface area contributed by atoms with Crippen LogP contribution in [-0.2, 0) is 0 Å². The fourth-order valence-electron chi connectivity index (χ4n) is 3.39. The lowest BCUT2D eigenvalue weighted by atomic mass is 9.78. The molecule has 0 radical (unpaired) electrons. The van der Waals surface area contributed by atoms with Gasteiger partial charge in [0.05, 0.1) is 12.1 Å². The van der Waals surface area contributed by atoms with Gasteiger partial charge >= 0.3 is 0 Å². The third kappa shape index (κ3) is 1.54. The van der Waals surface area contributed by atoms with Crippen LogP contribution in [0.2, 0.25) is 5.02 Å². The van der Waals surface area contributed by atoms with Crippen molar-refractivity contribution < 1.29 is 4.74 Å². The average molecular weight is 267 g/mol. The number of hydrogen-bond donors (Lipinski definition) is 1. The SMILES string of the molecule is COc1ccc2c(c1Cl)C(CN)C1(CC1)CN2C. The Kier molecular flexibility index (Phi) is 2.72. The van der Waals surface area contributed by atoms with E-state index in [4.69, 9.17) is 22.1 Å². The molecule has 2 aliphatic rings. The van der Waals surface area contributed by atoms with E-state index in [1.165, 1.54) is 24.1 Å². The maximum absolute atomic E-state index is 6.51. The summed E-state index contributed by atoms with van der Waals surface area (Å²) in [7, 11) is 3.79. The van der Waals surface area contributed by atoms with E-state index >= 15 is 0 Å². The van der Waals surface area contributed by atoms with Gasteiger partial charge in [-0.25, -0.2) is 0 Å². The Hall–Kier alpha value is -0.930. The Bertz CT molecular complexity index is 485. The molecular formula is C14H19ClN2O. The van der Waals surface area contributed by atoms with E-state index in [-0.39, 0.29) is 0 Å². The minimum Gasteiger partial charge on any atom is -0.495 e. The Morgan fingerprint density at radius 1 is 1.50 bits per heavy atom. The lowest BCUT2D eigenvalue weighted by molar-refractivity contribution is 0.384. The van der Waals surface area contributed by atoms with Crippen molar-refractivity contribution in [1.82, 2.24) is 0 Å². The molecule has 1 saturated carbocycles. The number of anilines is 1. The zero-order chi connectivity index (χ0) is 12.9. The molecule has 18 heavy (non-hydrogen) atoms. The molecule has 98 valence electrons. The summed E-state index contributed by atoms with van der Waals surface area (Å²) < 4.78 is 5.34. The zero-order valence-corrected chi connectivity index (χ0v) is 11.6. The third-order valence-electron chi connectivity index (χ3n) is 4.52. The minimum absolute atomic E-state index is 0.354. The van der Waals surface area contributed by atoms with E-state index in [0.717, 1.165) is 17.3 Å². The van der Waals surface area contributed by atoms with Crippen LogP contribution in [-0.4, -0.2) is 27.2 Å². The number of nitrogens with zero attached hydrogens (tertiary/aromatic N) is 1. The average Bonchev–Trinajstić information content (AvgIpc) is 3.11. The number of ether oxygens (including phenoxy) is 1. The van der Waals surface area contributed by atoms with E-state index in [1.54, 1.807) is 7.11 Å². The van der Waals surface area contributed by atoms with E-state index in [0.29, 0.717) is 17.9 Å². The molecule has 1 aromatic carbocycles. The van der Waals surface area contributed by atoms with Crippen molar-refractivity contribution in [1.29, 1.82) is 0 Å². The number of benzene rings is 1. The molecule has 0 amide bonds. The van der Waals surface area contributed by atoms with Crippen LogP contribution in [0.15, 0.2) is 12.1 Å². The van der Waals surface area contributed by atoms with Crippen molar-refractivity contribution in [2.45, 2.75) is 18.8 Å². The van der Waals surface area contributed by atoms with Crippen LogP contribution < -0.4 is 15.4 Å². The molecule has 1 spiro atoms. The molecule has 0 bridgehead atoms. The van der Waals surface area contributed by atoms with Crippen LogP contribution in [0, 0.1) is 5.41 Å². The van der Waals surface area contributed by atoms with Gasteiger partial charge in [0.15, 0.2) is 0 Å². The first-order chi connectivity index (χ1) is 8.63. The van der Waals surface area contributed by atoms with Gasteiger partial charge in [0, 0.05) is 30.8 Å². The second-order valence-electron chi connectivity index (χ2n) is 5.52. The van der Waals surface area contributed by atoms with Crippen molar-refractivity contribution in [3.05, 3.63) is 22.7 Å².